The second-order valence-electron chi connectivity index (χ2n) is 8.09. The Morgan fingerprint density at radius 2 is 1.92 bits per heavy atom. The molecule has 1 amide bonds. The predicted molar refractivity (Wildman–Crippen MR) is 113 cm³/mol. The average molecular weight is 540 g/mol. The summed E-state index contributed by atoms with van der Waals surface area (Å²) in [5, 5.41) is 10.3. The topological polar surface area (TPSA) is 74.0 Å². The lowest BCUT2D eigenvalue weighted by molar-refractivity contribution is -0.154. The van der Waals surface area contributed by atoms with Gasteiger partial charge in [-0.05, 0) is 30.5 Å². The summed E-state index contributed by atoms with van der Waals surface area (Å²) >= 11 is 6.13. The van der Waals surface area contributed by atoms with Gasteiger partial charge in [0, 0.05) is 24.8 Å². The number of hydrogen-bond acceptors (Lipinski definition) is 4. The van der Waals surface area contributed by atoms with Crippen LogP contribution in [0, 0.1) is 0 Å². The molecule has 3 aromatic rings. The van der Waals surface area contributed by atoms with E-state index in [0.29, 0.717) is 15.8 Å². The van der Waals surface area contributed by atoms with Gasteiger partial charge in [0.2, 0.25) is 5.88 Å². The number of nitrogens with one attached hydrogen (secondary N) is 1. The fourth-order valence-electron chi connectivity index (χ4n) is 3.29. The normalized spacial score (nSPS) is 14.4. The SMILES string of the molecule is Cn1nc(OCC(F)(F)C(F)F)c(C(F)(F)F)c1-n1cc(-c2ccc(Cl)c(C(=O)NC3CC3)c2)cn1. The Labute approximate surface area is 203 Å². The molecular formula is C21H17ClF7N5O2. The van der Waals surface area contributed by atoms with Crippen LogP contribution in [0.2, 0.25) is 5.02 Å². The molecule has 7 nitrogen and oxygen atoms in total. The van der Waals surface area contributed by atoms with E-state index in [2.05, 4.69) is 20.3 Å². The van der Waals surface area contributed by atoms with Gasteiger partial charge >= 0.3 is 18.5 Å². The Morgan fingerprint density at radius 1 is 1.22 bits per heavy atom. The summed E-state index contributed by atoms with van der Waals surface area (Å²) in [5.74, 6) is -7.09. The number of carbonyl (C=O) groups is 1. The van der Waals surface area contributed by atoms with Gasteiger partial charge in [0.05, 0.1) is 16.8 Å². The predicted octanol–water partition coefficient (Wildman–Crippen LogP) is 5.12. The van der Waals surface area contributed by atoms with Gasteiger partial charge in [-0.15, -0.1) is 5.10 Å². The molecule has 4 rings (SSSR count). The summed E-state index contributed by atoms with van der Waals surface area (Å²) in [4.78, 5) is 12.4. The van der Waals surface area contributed by atoms with Gasteiger partial charge in [-0.1, -0.05) is 17.7 Å². The molecule has 1 saturated carbocycles. The van der Waals surface area contributed by atoms with E-state index in [9.17, 15) is 35.5 Å². The van der Waals surface area contributed by atoms with Gasteiger partial charge in [-0.2, -0.15) is 27.1 Å². The molecule has 36 heavy (non-hydrogen) atoms. The van der Waals surface area contributed by atoms with Crippen molar-refractivity contribution >= 4 is 17.5 Å². The van der Waals surface area contributed by atoms with E-state index >= 15 is 0 Å². The zero-order chi connectivity index (χ0) is 26.4. The number of halogens is 8. The minimum atomic E-state index is -5.15. The smallest absolute Gasteiger partial charge is 0.425 e. The first kappa shape index (κ1) is 25.8. The fraction of sp³-hybridized carbons (Fsp3) is 0.381. The van der Waals surface area contributed by atoms with Crippen molar-refractivity contribution in [1.29, 1.82) is 0 Å². The van der Waals surface area contributed by atoms with Crippen LogP contribution in [0.4, 0.5) is 30.7 Å². The quantitative estimate of drug-likeness (QED) is 0.404. The molecule has 0 atom stereocenters. The van der Waals surface area contributed by atoms with Crippen molar-refractivity contribution < 1.29 is 40.3 Å². The molecule has 1 aromatic carbocycles. The van der Waals surface area contributed by atoms with E-state index in [-0.39, 0.29) is 16.6 Å². The van der Waals surface area contributed by atoms with Crippen molar-refractivity contribution in [2.24, 2.45) is 7.05 Å². The van der Waals surface area contributed by atoms with Crippen LogP contribution in [0.25, 0.3) is 16.9 Å². The third kappa shape index (κ3) is 5.27. The van der Waals surface area contributed by atoms with Crippen molar-refractivity contribution in [3.05, 3.63) is 46.7 Å². The lowest BCUT2D eigenvalue weighted by Gasteiger charge is -2.16. The first-order chi connectivity index (χ1) is 16.8. The minimum Gasteiger partial charge on any atom is -0.469 e. The van der Waals surface area contributed by atoms with Gasteiger partial charge in [0.1, 0.15) is 0 Å². The van der Waals surface area contributed by atoms with E-state index in [0.717, 1.165) is 24.6 Å². The van der Waals surface area contributed by atoms with Crippen LogP contribution >= 0.6 is 11.6 Å². The molecule has 2 aromatic heterocycles. The van der Waals surface area contributed by atoms with Gasteiger partial charge in [0.15, 0.2) is 18.0 Å². The van der Waals surface area contributed by atoms with Crippen LogP contribution < -0.4 is 10.1 Å². The maximum absolute atomic E-state index is 13.8. The van der Waals surface area contributed by atoms with Crippen LogP contribution in [0.1, 0.15) is 28.8 Å². The summed E-state index contributed by atoms with van der Waals surface area (Å²) in [6.07, 6.45) is -5.18. The number of ether oxygens (including phenoxy) is 1. The number of alkyl halides is 7. The molecule has 1 aliphatic carbocycles. The van der Waals surface area contributed by atoms with Crippen LogP contribution in [-0.4, -0.2) is 50.5 Å². The minimum absolute atomic E-state index is 0.0719. The number of carbonyl (C=O) groups excluding carboxylic acids is 1. The number of nitrogens with zero attached hydrogens (tertiary/aromatic N) is 4. The molecular weight excluding hydrogens is 523 g/mol. The van der Waals surface area contributed by atoms with Crippen LogP contribution in [0.5, 0.6) is 5.88 Å². The molecule has 194 valence electrons. The van der Waals surface area contributed by atoms with Crippen LogP contribution in [0.3, 0.4) is 0 Å². The van der Waals surface area contributed by atoms with Crippen LogP contribution in [0.15, 0.2) is 30.6 Å². The summed E-state index contributed by atoms with van der Waals surface area (Å²) in [6, 6.07) is 4.52. The van der Waals surface area contributed by atoms with Crippen molar-refractivity contribution in [3.8, 4) is 22.8 Å². The van der Waals surface area contributed by atoms with E-state index < -0.39 is 48.3 Å². The molecule has 1 N–H and O–H groups in total. The lowest BCUT2D eigenvalue weighted by atomic mass is 10.1. The number of aryl methyl sites for hydroxylation is 1. The number of aromatic nitrogens is 4. The van der Waals surface area contributed by atoms with Crippen molar-refractivity contribution in [3.63, 3.8) is 0 Å². The first-order valence-corrected chi connectivity index (χ1v) is 10.7. The Morgan fingerprint density at radius 3 is 2.53 bits per heavy atom. The van der Waals surface area contributed by atoms with Crippen molar-refractivity contribution in [2.45, 2.75) is 37.4 Å². The Hall–Kier alpha value is -3.29. The molecule has 0 aliphatic heterocycles. The number of amides is 1. The van der Waals surface area contributed by atoms with E-state index in [1.807, 2.05) is 0 Å². The highest BCUT2D eigenvalue weighted by Gasteiger charge is 2.45. The highest BCUT2D eigenvalue weighted by atomic mass is 35.5. The highest BCUT2D eigenvalue weighted by Crippen LogP contribution is 2.41. The number of benzene rings is 1. The molecule has 0 spiro atoms. The monoisotopic (exact) mass is 539 g/mol. The molecule has 0 unspecified atom stereocenters. The summed E-state index contributed by atoms with van der Waals surface area (Å²) < 4.78 is 98.6. The zero-order valence-electron chi connectivity index (χ0n) is 18.3. The summed E-state index contributed by atoms with van der Waals surface area (Å²) in [5.41, 5.74) is -0.699. The lowest BCUT2D eigenvalue weighted by Crippen LogP contribution is -2.34. The highest BCUT2D eigenvalue weighted by molar-refractivity contribution is 6.34. The zero-order valence-corrected chi connectivity index (χ0v) is 19.0. The Bertz CT molecular complexity index is 1280. The maximum atomic E-state index is 13.8. The molecule has 0 radical (unpaired) electrons. The van der Waals surface area contributed by atoms with Crippen molar-refractivity contribution in [2.75, 3.05) is 6.61 Å². The fourth-order valence-corrected chi connectivity index (χ4v) is 3.49. The van der Waals surface area contributed by atoms with Gasteiger partial charge < -0.3 is 10.1 Å². The second kappa shape index (κ2) is 9.30. The van der Waals surface area contributed by atoms with Crippen LogP contribution in [-0.2, 0) is 13.2 Å². The van der Waals surface area contributed by atoms with E-state index in [1.54, 1.807) is 0 Å². The second-order valence-corrected chi connectivity index (χ2v) is 8.50. The standard InChI is InChI=1S/C21H17ClF7N5O2/c1-33-18(15(21(27,28)29)17(32-33)36-9-20(25,26)19(23)24)34-8-11(7-30-34)10-2-5-14(22)13(6-10)16(35)31-12-3-4-12/h2,5-8,12,19H,3-4,9H2,1H3,(H,31,35). The van der Waals surface area contributed by atoms with Gasteiger partial charge in [-0.25, -0.2) is 18.1 Å². The number of rotatable bonds is 8. The van der Waals surface area contributed by atoms with E-state index in [1.165, 1.54) is 30.6 Å². The first-order valence-electron chi connectivity index (χ1n) is 10.4. The third-order valence-corrected chi connectivity index (χ3v) is 5.57. The maximum Gasteiger partial charge on any atom is 0.425 e. The average Bonchev–Trinajstić information content (AvgIpc) is 3.34. The molecule has 2 heterocycles. The number of hydrogen-bond donors (Lipinski definition) is 1. The molecule has 1 aliphatic rings. The molecule has 0 bridgehead atoms. The Kier molecular flexibility index (Phi) is 6.66. The van der Waals surface area contributed by atoms with Crippen molar-refractivity contribution in [1.82, 2.24) is 24.9 Å². The molecule has 15 heteroatoms. The summed E-state index contributed by atoms with van der Waals surface area (Å²) in [6.45, 7) is -2.01. The van der Waals surface area contributed by atoms with E-state index in [4.69, 9.17) is 11.6 Å². The Balaban J connectivity index is 1.68. The largest absolute Gasteiger partial charge is 0.469 e. The third-order valence-electron chi connectivity index (χ3n) is 5.25. The van der Waals surface area contributed by atoms with Gasteiger partial charge in [-0.3, -0.25) is 4.79 Å². The van der Waals surface area contributed by atoms with Gasteiger partial charge in [0.25, 0.3) is 5.91 Å². The summed E-state index contributed by atoms with van der Waals surface area (Å²) in [7, 11) is 1.08. The molecule has 0 saturated heterocycles. The molecule has 1 fully saturated rings.